The summed E-state index contributed by atoms with van der Waals surface area (Å²) < 4.78 is 13.8. The Bertz CT molecular complexity index is 4020. The monoisotopic (exact) mass is 877 g/mol. The van der Waals surface area contributed by atoms with E-state index in [1.54, 1.807) is 0 Å². The Morgan fingerprint density at radius 3 is 1.63 bits per heavy atom. The maximum Gasteiger partial charge on any atom is 0.144 e. The molecule has 328 valence electrons. The Morgan fingerprint density at radius 2 is 0.941 bits per heavy atom. The van der Waals surface area contributed by atoms with E-state index in [-0.39, 0.29) is 16.2 Å². The molecule has 2 aromatic heterocycles. The van der Waals surface area contributed by atoms with E-state index in [0.29, 0.717) is 0 Å². The molecule has 0 fully saturated rings. The van der Waals surface area contributed by atoms with E-state index >= 15 is 0 Å². The highest BCUT2D eigenvalue weighted by Crippen LogP contribution is 2.64. The molecular weight excluding hydrogens is 827 g/mol. The first-order chi connectivity index (χ1) is 32.8. The van der Waals surface area contributed by atoms with Crippen molar-refractivity contribution in [3.8, 4) is 44.5 Å². The molecule has 0 unspecified atom stereocenters. The van der Waals surface area contributed by atoms with Crippen LogP contribution in [0.1, 0.15) is 86.1 Å². The van der Waals surface area contributed by atoms with Gasteiger partial charge in [-0.25, -0.2) is 0 Å². The SMILES string of the molecule is Cc1ccc(N(c2ccc3c(c2)C(C)(C)c2cc(-c4ccccc4)c4oc5ccccc5c4c2-3)c2ccc3c(c2)C(C)(C)c2c4c(c5oc6ccccc6c5c2-3)-c2ccccc2C4(C)C)c(C)c1. The average Bonchev–Trinajstić information content (AvgIpc) is 4.09. The molecule has 0 saturated heterocycles. The maximum atomic E-state index is 6.99. The molecule has 3 aliphatic rings. The van der Waals surface area contributed by atoms with Crippen LogP contribution in [0, 0.1) is 13.8 Å². The highest BCUT2D eigenvalue weighted by atomic mass is 16.3. The lowest BCUT2D eigenvalue weighted by Gasteiger charge is -2.32. The summed E-state index contributed by atoms with van der Waals surface area (Å²) in [6, 6.07) is 60.7. The Labute approximate surface area is 397 Å². The average molecular weight is 878 g/mol. The molecule has 11 aromatic rings. The number of anilines is 3. The molecule has 3 nitrogen and oxygen atoms in total. The normalized spacial score (nSPS) is 15.4. The Morgan fingerprint density at radius 1 is 0.397 bits per heavy atom. The number of para-hydroxylation sites is 2. The number of hydrogen-bond acceptors (Lipinski definition) is 3. The molecule has 3 heteroatoms. The van der Waals surface area contributed by atoms with Crippen molar-refractivity contribution >= 4 is 60.9 Å². The molecule has 0 bridgehead atoms. The Hall–Kier alpha value is -7.62. The highest BCUT2D eigenvalue weighted by molar-refractivity contribution is 6.21. The zero-order valence-corrected chi connectivity index (χ0v) is 39.9. The number of aryl methyl sites for hydroxylation is 2. The summed E-state index contributed by atoms with van der Waals surface area (Å²) in [6.45, 7) is 19.0. The molecule has 0 amide bonds. The van der Waals surface area contributed by atoms with Gasteiger partial charge in [-0.15, -0.1) is 0 Å². The molecular formula is C65H51NO2. The number of rotatable bonds is 4. The quantitative estimate of drug-likeness (QED) is 0.176. The fourth-order valence-electron chi connectivity index (χ4n) is 13.2. The summed E-state index contributed by atoms with van der Waals surface area (Å²) in [4.78, 5) is 2.51. The standard InChI is InChI=1S/C65H51NO2/c1-36-26-31-51(37(2)32-36)66(39-27-29-42-48(33-39)63(3,4)50-35-46(38-18-10-9-11-19-38)61-56(54(42)50)44-21-13-16-24-52(44)67-61)40-28-30-43-49(34-40)65(7,8)59-55(43)57-45-22-14-17-25-53(45)68-62(57)58-41-20-12-15-23-47(41)64(5,6)60(58)59/h9-35H,1-8H3. The molecule has 0 spiro atoms. The predicted molar refractivity (Wildman–Crippen MR) is 283 cm³/mol. The molecule has 0 atom stereocenters. The van der Waals surface area contributed by atoms with E-state index in [9.17, 15) is 0 Å². The molecule has 2 heterocycles. The van der Waals surface area contributed by atoms with Gasteiger partial charge in [0, 0.05) is 66.0 Å². The van der Waals surface area contributed by atoms with Gasteiger partial charge in [0.15, 0.2) is 0 Å². The minimum Gasteiger partial charge on any atom is -0.455 e. The summed E-state index contributed by atoms with van der Waals surface area (Å²) in [5.41, 5.74) is 27.1. The van der Waals surface area contributed by atoms with Gasteiger partial charge in [0.25, 0.3) is 0 Å². The molecule has 0 N–H and O–H groups in total. The van der Waals surface area contributed by atoms with E-state index in [1.165, 1.54) is 99.7 Å². The third-order valence-corrected chi connectivity index (χ3v) is 16.3. The third kappa shape index (κ3) is 4.98. The maximum absolute atomic E-state index is 6.99. The number of fused-ring (bicyclic) bond motifs is 19. The van der Waals surface area contributed by atoms with E-state index in [1.807, 2.05) is 0 Å². The van der Waals surface area contributed by atoms with Crippen molar-refractivity contribution in [1.29, 1.82) is 0 Å². The summed E-state index contributed by atoms with van der Waals surface area (Å²) in [6.07, 6.45) is 0. The summed E-state index contributed by atoms with van der Waals surface area (Å²) in [5.74, 6) is 0. The molecule has 3 aliphatic carbocycles. The molecule has 68 heavy (non-hydrogen) atoms. The van der Waals surface area contributed by atoms with Crippen molar-refractivity contribution in [2.75, 3.05) is 4.90 Å². The summed E-state index contributed by atoms with van der Waals surface area (Å²) >= 11 is 0. The molecule has 0 saturated carbocycles. The van der Waals surface area contributed by atoms with Gasteiger partial charge < -0.3 is 13.7 Å². The van der Waals surface area contributed by atoms with E-state index < -0.39 is 0 Å². The van der Waals surface area contributed by atoms with E-state index in [0.717, 1.165) is 50.2 Å². The number of hydrogen-bond donors (Lipinski definition) is 0. The van der Waals surface area contributed by atoms with Crippen molar-refractivity contribution in [3.05, 3.63) is 208 Å². The number of furan rings is 2. The van der Waals surface area contributed by atoms with Crippen LogP contribution in [0.4, 0.5) is 17.1 Å². The largest absolute Gasteiger partial charge is 0.455 e. The molecule has 0 radical (unpaired) electrons. The van der Waals surface area contributed by atoms with Crippen LogP contribution >= 0.6 is 0 Å². The van der Waals surface area contributed by atoms with E-state index in [2.05, 4.69) is 224 Å². The second-order valence-corrected chi connectivity index (χ2v) is 21.3. The topological polar surface area (TPSA) is 29.5 Å². The van der Waals surface area contributed by atoms with Crippen LogP contribution in [-0.2, 0) is 16.2 Å². The molecule has 9 aromatic carbocycles. The predicted octanol–water partition coefficient (Wildman–Crippen LogP) is 18.2. The minimum atomic E-state index is -0.318. The lowest BCUT2D eigenvalue weighted by atomic mass is 9.72. The van der Waals surface area contributed by atoms with Gasteiger partial charge in [-0.1, -0.05) is 162 Å². The smallest absolute Gasteiger partial charge is 0.144 e. The fourth-order valence-corrected chi connectivity index (χ4v) is 13.2. The zero-order chi connectivity index (χ0) is 46.2. The van der Waals surface area contributed by atoms with Gasteiger partial charge in [-0.3, -0.25) is 0 Å². The fraction of sp³-hybridized carbons (Fsp3) is 0.169. The van der Waals surface area contributed by atoms with Gasteiger partial charge >= 0.3 is 0 Å². The Kier molecular flexibility index (Phi) is 7.73. The first kappa shape index (κ1) is 39.5. The Balaban J connectivity index is 0.997. The van der Waals surface area contributed by atoms with E-state index in [4.69, 9.17) is 8.83 Å². The first-order valence-corrected chi connectivity index (χ1v) is 24.2. The third-order valence-electron chi connectivity index (χ3n) is 16.3. The number of nitrogens with zero attached hydrogens (tertiary/aromatic N) is 1. The summed E-state index contributed by atoms with van der Waals surface area (Å²) in [7, 11) is 0. The lowest BCUT2D eigenvalue weighted by Crippen LogP contribution is -2.24. The number of benzene rings is 9. The van der Waals surface area contributed by atoms with Crippen LogP contribution in [0.3, 0.4) is 0 Å². The zero-order valence-electron chi connectivity index (χ0n) is 39.9. The van der Waals surface area contributed by atoms with Gasteiger partial charge in [0.05, 0.1) is 0 Å². The van der Waals surface area contributed by atoms with Crippen molar-refractivity contribution in [2.24, 2.45) is 0 Å². The molecule has 14 rings (SSSR count). The van der Waals surface area contributed by atoms with Crippen molar-refractivity contribution < 1.29 is 8.83 Å². The van der Waals surface area contributed by atoms with Crippen LogP contribution in [-0.4, -0.2) is 0 Å². The van der Waals surface area contributed by atoms with Crippen LogP contribution in [0.5, 0.6) is 0 Å². The van der Waals surface area contributed by atoms with Crippen LogP contribution in [0.2, 0.25) is 0 Å². The van der Waals surface area contributed by atoms with Gasteiger partial charge in [0.2, 0.25) is 0 Å². The summed E-state index contributed by atoms with van der Waals surface area (Å²) in [5, 5.41) is 4.75. The van der Waals surface area contributed by atoms with Gasteiger partial charge in [0.1, 0.15) is 22.3 Å². The highest BCUT2D eigenvalue weighted by Gasteiger charge is 2.49. The van der Waals surface area contributed by atoms with Gasteiger partial charge in [-0.2, -0.15) is 0 Å². The second-order valence-electron chi connectivity index (χ2n) is 21.3. The van der Waals surface area contributed by atoms with Crippen LogP contribution in [0.15, 0.2) is 173 Å². The molecule has 0 aliphatic heterocycles. The minimum absolute atomic E-state index is 0.221. The lowest BCUT2D eigenvalue weighted by molar-refractivity contribution is 0.600. The van der Waals surface area contributed by atoms with Crippen LogP contribution < -0.4 is 4.90 Å². The van der Waals surface area contributed by atoms with Crippen LogP contribution in [0.25, 0.3) is 88.4 Å². The van der Waals surface area contributed by atoms with Crippen molar-refractivity contribution in [3.63, 3.8) is 0 Å². The first-order valence-electron chi connectivity index (χ1n) is 24.2. The second kappa shape index (κ2) is 13.3. The van der Waals surface area contributed by atoms with Crippen molar-refractivity contribution in [1.82, 2.24) is 0 Å². The van der Waals surface area contributed by atoms with Crippen molar-refractivity contribution in [2.45, 2.75) is 71.6 Å². The van der Waals surface area contributed by atoms with Gasteiger partial charge in [-0.05, 0) is 135 Å².